The van der Waals surface area contributed by atoms with Gasteiger partial charge in [-0.25, -0.2) is 0 Å². The number of rotatable bonds is 4. The fourth-order valence-corrected chi connectivity index (χ4v) is 4.02. The molecular weight excluding hydrogens is 348 g/mol. The van der Waals surface area contributed by atoms with Crippen LogP contribution in [0.1, 0.15) is 39.4 Å². The first-order valence-corrected chi connectivity index (χ1v) is 8.64. The van der Waals surface area contributed by atoms with Crippen molar-refractivity contribution < 1.29 is 19.5 Å². The molecule has 0 spiro atoms. The van der Waals surface area contributed by atoms with Crippen molar-refractivity contribution in [2.75, 3.05) is 0 Å². The molecule has 122 valence electrons. The van der Waals surface area contributed by atoms with E-state index >= 15 is 0 Å². The van der Waals surface area contributed by atoms with Crippen LogP contribution in [0, 0.1) is 0 Å². The Kier molecular flexibility index (Phi) is 4.73. The van der Waals surface area contributed by atoms with Crippen molar-refractivity contribution >= 4 is 41.4 Å². The van der Waals surface area contributed by atoms with Gasteiger partial charge in [0, 0.05) is 33.2 Å². The number of benzene rings is 2. The number of carboxylic acids is 1. The topological polar surface area (TPSA) is 71.4 Å². The van der Waals surface area contributed by atoms with Gasteiger partial charge in [-0.1, -0.05) is 17.7 Å². The maximum absolute atomic E-state index is 12.8. The van der Waals surface area contributed by atoms with Crippen LogP contribution in [-0.2, 0) is 15.3 Å². The molecular formula is C18H13ClO4S. The lowest BCUT2D eigenvalue weighted by Crippen LogP contribution is -2.13. The average molecular weight is 361 g/mol. The Bertz CT molecular complexity index is 847. The summed E-state index contributed by atoms with van der Waals surface area (Å²) in [6, 6.07) is 10.1. The quantitative estimate of drug-likeness (QED) is 0.836. The molecule has 1 N–H and O–H groups in total. The Labute approximate surface area is 147 Å². The van der Waals surface area contributed by atoms with Crippen LogP contribution in [0.25, 0.3) is 0 Å². The van der Waals surface area contributed by atoms with Crippen molar-refractivity contribution in [3.63, 3.8) is 0 Å². The highest BCUT2D eigenvalue weighted by atomic mass is 35.5. The lowest BCUT2D eigenvalue weighted by Gasteiger charge is -2.12. The highest BCUT2D eigenvalue weighted by molar-refractivity contribution is 7.98. The van der Waals surface area contributed by atoms with Crippen molar-refractivity contribution in [2.24, 2.45) is 0 Å². The molecule has 1 atom stereocenters. The number of halogens is 1. The molecule has 0 bridgehead atoms. The number of carbonyl (C=O) groups excluding carboxylic acids is 2. The second-order valence-corrected chi connectivity index (χ2v) is 6.92. The summed E-state index contributed by atoms with van der Waals surface area (Å²) >= 11 is 7.47. The maximum atomic E-state index is 12.8. The molecule has 3 rings (SSSR count). The Morgan fingerprint density at radius 2 is 2.00 bits per heavy atom. The molecule has 2 aromatic rings. The number of aldehydes is 1. The molecule has 1 aliphatic heterocycles. The van der Waals surface area contributed by atoms with Gasteiger partial charge in [0.15, 0.2) is 5.78 Å². The summed E-state index contributed by atoms with van der Waals surface area (Å²) in [5.74, 6) is -1.48. The van der Waals surface area contributed by atoms with Crippen LogP contribution in [0.15, 0.2) is 41.3 Å². The number of carbonyl (C=O) groups is 3. The summed E-state index contributed by atoms with van der Waals surface area (Å²) in [7, 11) is 0. The number of carboxylic acid groups (broad SMARTS) is 1. The Morgan fingerprint density at radius 3 is 2.71 bits per heavy atom. The van der Waals surface area contributed by atoms with Crippen molar-refractivity contribution in [3.05, 3.63) is 63.7 Å². The second kappa shape index (κ2) is 6.79. The zero-order chi connectivity index (χ0) is 17.3. The van der Waals surface area contributed by atoms with Gasteiger partial charge in [-0.05, 0) is 41.5 Å². The normalized spacial score (nSPS) is 14.3. The second-order valence-electron chi connectivity index (χ2n) is 5.47. The van der Waals surface area contributed by atoms with Gasteiger partial charge in [0.05, 0.1) is 5.92 Å². The minimum Gasteiger partial charge on any atom is -0.481 e. The number of thioether (sulfide) groups is 1. The van der Waals surface area contributed by atoms with Crippen LogP contribution in [0.5, 0.6) is 0 Å². The van der Waals surface area contributed by atoms with E-state index in [1.807, 2.05) is 0 Å². The van der Waals surface area contributed by atoms with E-state index in [9.17, 15) is 19.5 Å². The average Bonchev–Trinajstić information content (AvgIpc) is 2.69. The molecule has 2 aromatic carbocycles. The van der Waals surface area contributed by atoms with E-state index in [0.29, 0.717) is 33.8 Å². The third-order valence-corrected chi connectivity index (χ3v) is 5.32. The van der Waals surface area contributed by atoms with E-state index in [1.54, 1.807) is 36.4 Å². The van der Waals surface area contributed by atoms with E-state index in [4.69, 9.17) is 11.6 Å². The summed E-state index contributed by atoms with van der Waals surface area (Å²) < 4.78 is 0. The van der Waals surface area contributed by atoms with E-state index in [1.165, 1.54) is 11.8 Å². The smallest absolute Gasteiger partial charge is 0.311 e. The zero-order valence-corrected chi connectivity index (χ0v) is 14.1. The first kappa shape index (κ1) is 16.7. The van der Waals surface area contributed by atoms with Gasteiger partial charge in [-0.15, -0.1) is 11.8 Å². The molecule has 0 aliphatic carbocycles. The molecule has 0 saturated heterocycles. The molecule has 24 heavy (non-hydrogen) atoms. The predicted molar refractivity (Wildman–Crippen MR) is 91.9 cm³/mol. The third-order valence-electron chi connectivity index (χ3n) is 3.98. The molecule has 0 amide bonds. The van der Waals surface area contributed by atoms with Gasteiger partial charge >= 0.3 is 5.97 Å². The molecule has 0 aromatic heterocycles. The lowest BCUT2D eigenvalue weighted by atomic mass is 9.93. The van der Waals surface area contributed by atoms with E-state index in [-0.39, 0.29) is 12.2 Å². The summed E-state index contributed by atoms with van der Waals surface area (Å²) in [6.45, 7) is 0. The van der Waals surface area contributed by atoms with E-state index in [2.05, 4.69) is 0 Å². The number of hydrogen-bond donors (Lipinski definition) is 1. The molecule has 1 heterocycles. The number of aliphatic carboxylic acids is 1. The Morgan fingerprint density at radius 1 is 1.25 bits per heavy atom. The van der Waals surface area contributed by atoms with Crippen LogP contribution >= 0.6 is 23.4 Å². The van der Waals surface area contributed by atoms with E-state index in [0.717, 1.165) is 10.5 Å². The first-order chi connectivity index (χ1) is 11.5. The van der Waals surface area contributed by atoms with Gasteiger partial charge in [0.2, 0.25) is 0 Å². The molecule has 0 saturated carbocycles. The molecule has 4 nitrogen and oxygen atoms in total. The predicted octanol–water partition coefficient (Wildman–Crippen LogP) is 3.93. The first-order valence-electron chi connectivity index (χ1n) is 7.27. The summed E-state index contributed by atoms with van der Waals surface area (Å²) in [5.41, 5.74) is 2.54. The molecule has 1 aliphatic rings. The largest absolute Gasteiger partial charge is 0.481 e. The molecule has 0 radical (unpaired) electrons. The van der Waals surface area contributed by atoms with E-state index < -0.39 is 11.9 Å². The van der Waals surface area contributed by atoms with Crippen LogP contribution < -0.4 is 0 Å². The van der Waals surface area contributed by atoms with Gasteiger partial charge in [0.1, 0.15) is 6.29 Å². The van der Waals surface area contributed by atoms with Gasteiger partial charge < -0.3 is 9.90 Å². The van der Waals surface area contributed by atoms with Crippen molar-refractivity contribution in [3.8, 4) is 0 Å². The maximum Gasteiger partial charge on any atom is 0.311 e. The van der Waals surface area contributed by atoms with Crippen molar-refractivity contribution in [1.29, 1.82) is 0 Å². The minimum atomic E-state index is -1.05. The SMILES string of the molecule is O=CCC(C(=O)O)c1ccc2c(c1)SCc1cc(Cl)ccc1C2=O. The fraction of sp³-hybridized carbons (Fsp3) is 0.167. The lowest BCUT2D eigenvalue weighted by molar-refractivity contribution is -0.139. The highest BCUT2D eigenvalue weighted by Gasteiger charge is 2.25. The monoisotopic (exact) mass is 360 g/mol. The zero-order valence-electron chi connectivity index (χ0n) is 12.5. The van der Waals surface area contributed by atoms with Crippen molar-refractivity contribution in [1.82, 2.24) is 0 Å². The summed E-state index contributed by atoms with van der Waals surface area (Å²) in [4.78, 5) is 35.6. The summed E-state index contributed by atoms with van der Waals surface area (Å²) in [5, 5.41) is 9.87. The standard InChI is InChI=1S/C18H13ClO4S/c19-12-2-4-13-11(7-12)9-24-16-8-10(1-3-15(16)17(13)21)14(5-6-20)18(22)23/h1-4,6-8,14H,5,9H2,(H,22,23). The van der Waals surface area contributed by atoms with Crippen LogP contribution in [0.2, 0.25) is 5.02 Å². The Balaban J connectivity index is 2.04. The summed E-state index contributed by atoms with van der Waals surface area (Å²) in [6.07, 6.45) is 0.503. The number of ketones is 1. The van der Waals surface area contributed by atoms with Crippen LogP contribution in [-0.4, -0.2) is 23.1 Å². The van der Waals surface area contributed by atoms with Gasteiger partial charge in [-0.2, -0.15) is 0 Å². The molecule has 0 fully saturated rings. The fourth-order valence-electron chi connectivity index (χ4n) is 2.74. The number of fused-ring (bicyclic) bond motifs is 2. The van der Waals surface area contributed by atoms with Crippen LogP contribution in [0.4, 0.5) is 0 Å². The van der Waals surface area contributed by atoms with Gasteiger partial charge in [0.25, 0.3) is 0 Å². The number of hydrogen-bond acceptors (Lipinski definition) is 4. The third kappa shape index (κ3) is 3.09. The highest BCUT2D eigenvalue weighted by Crippen LogP contribution is 2.36. The molecule has 6 heteroatoms. The van der Waals surface area contributed by atoms with Gasteiger partial charge in [-0.3, -0.25) is 9.59 Å². The Hall–Kier alpha value is -2.11. The van der Waals surface area contributed by atoms with Crippen LogP contribution in [0.3, 0.4) is 0 Å². The van der Waals surface area contributed by atoms with Crippen molar-refractivity contribution in [2.45, 2.75) is 23.0 Å². The minimum absolute atomic E-state index is 0.0947. The molecule has 1 unspecified atom stereocenters.